The smallest absolute Gasteiger partial charge is 0.308 e. The van der Waals surface area contributed by atoms with Gasteiger partial charge in [0.05, 0.1) is 25.2 Å². The molecule has 1 aliphatic rings. The van der Waals surface area contributed by atoms with Gasteiger partial charge in [-0.2, -0.15) is 0 Å². The lowest BCUT2D eigenvalue weighted by Crippen LogP contribution is -2.57. The molecule has 1 fully saturated rings. The minimum atomic E-state index is -0.877. The van der Waals surface area contributed by atoms with Gasteiger partial charge in [0.2, 0.25) is 5.91 Å². The van der Waals surface area contributed by atoms with Crippen molar-refractivity contribution in [1.29, 1.82) is 0 Å². The molecule has 1 aromatic carbocycles. The highest BCUT2D eigenvalue weighted by Gasteiger charge is 2.36. The number of carbonyl (C=O) groups is 3. The van der Waals surface area contributed by atoms with Gasteiger partial charge in [-0.15, -0.1) is 0 Å². The van der Waals surface area contributed by atoms with E-state index in [-0.39, 0.29) is 24.8 Å². The average Bonchev–Trinajstić information content (AvgIpc) is 2.69. The van der Waals surface area contributed by atoms with Crippen LogP contribution in [0.1, 0.15) is 56.3 Å². The fraction of sp³-hybridized carbons (Fsp3) is 0.571. The molecule has 1 heterocycles. The number of esters is 1. The van der Waals surface area contributed by atoms with Crippen molar-refractivity contribution in [2.24, 2.45) is 0 Å². The summed E-state index contributed by atoms with van der Waals surface area (Å²) in [5.41, 5.74) is 0.404. The Kier molecular flexibility index (Phi) is 8.78. The third-order valence-corrected chi connectivity index (χ3v) is 4.63. The van der Waals surface area contributed by atoms with Crippen LogP contribution in [-0.4, -0.2) is 55.0 Å². The van der Waals surface area contributed by atoms with E-state index in [0.29, 0.717) is 31.0 Å². The fourth-order valence-corrected chi connectivity index (χ4v) is 3.17. The van der Waals surface area contributed by atoms with E-state index in [0.717, 1.165) is 25.7 Å². The number of unbranched alkanes of at least 4 members (excludes halogenated alkanes) is 3. The molecule has 0 bridgehead atoms. The van der Waals surface area contributed by atoms with E-state index in [2.05, 4.69) is 12.2 Å². The number of rotatable bonds is 10. The maximum Gasteiger partial charge on any atom is 0.308 e. The van der Waals surface area contributed by atoms with Crippen LogP contribution in [0.2, 0.25) is 0 Å². The lowest BCUT2D eigenvalue weighted by molar-refractivity contribution is -0.147. The second-order valence-corrected chi connectivity index (χ2v) is 6.72. The Morgan fingerprint density at radius 1 is 1.18 bits per heavy atom. The third kappa shape index (κ3) is 5.97. The van der Waals surface area contributed by atoms with Crippen LogP contribution in [0.3, 0.4) is 0 Å². The molecule has 0 aromatic heterocycles. The van der Waals surface area contributed by atoms with Crippen molar-refractivity contribution in [3.05, 3.63) is 29.8 Å². The van der Waals surface area contributed by atoms with Crippen LogP contribution in [0.4, 0.5) is 0 Å². The van der Waals surface area contributed by atoms with E-state index in [1.165, 1.54) is 4.90 Å². The number of amides is 2. The Morgan fingerprint density at radius 2 is 1.96 bits per heavy atom. The Labute approximate surface area is 166 Å². The summed E-state index contributed by atoms with van der Waals surface area (Å²) in [6.07, 6.45) is 4.15. The molecular weight excluding hydrogens is 360 g/mol. The molecule has 1 atom stereocenters. The molecule has 2 amide bonds. The Bertz CT molecular complexity index is 677. The van der Waals surface area contributed by atoms with Crippen LogP contribution >= 0.6 is 0 Å². The standard InChI is InChI=1S/C21H30N2O5/c1-3-5-6-9-14-28-18-11-8-7-10-16(18)21(26)23-13-12-22-20(25)17(23)15-19(24)27-4-2/h7-8,10-11,17H,3-6,9,12-15H2,1-2H3,(H,22,25). The predicted molar refractivity (Wildman–Crippen MR) is 105 cm³/mol. The molecule has 7 nitrogen and oxygen atoms in total. The van der Waals surface area contributed by atoms with Crippen LogP contribution in [0, 0.1) is 0 Å². The molecular formula is C21H30N2O5. The van der Waals surface area contributed by atoms with Crippen molar-refractivity contribution in [1.82, 2.24) is 10.2 Å². The third-order valence-electron chi connectivity index (χ3n) is 4.63. The van der Waals surface area contributed by atoms with Crippen molar-refractivity contribution in [2.75, 3.05) is 26.3 Å². The number of hydrogen-bond acceptors (Lipinski definition) is 5. The van der Waals surface area contributed by atoms with Crippen molar-refractivity contribution in [2.45, 2.75) is 52.0 Å². The van der Waals surface area contributed by atoms with Gasteiger partial charge in [0.15, 0.2) is 0 Å². The van der Waals surface area contributed by atoms with Crippen LogP contribution in [0.15, 0.2) is 24.3 Å². The van der Waals surface area contributed by atoms with Crippen molar-refractivity contribution < 1.29 is 23.9 Å². The number of ether oxygens (including phenoxy) is 2. The number of para-hydroxylation sites is 1. The minimum Gasteiger partial charge on any atom is -0.493 e. The molecule has 1 saturated heterocycles. The second kappa shape index (κ2) is 11.3. The topological polar surface area (TPSA) is 84.9 Å². The van der Waals surface area contributed by atoms with Crippen molar-refractivity contribution >= 4 is 17.8 Å². The molecule has 1 aromatic rings. The van der Waals surface area contributed by atoms with Crippen LogP contribution in [-0.2, 0) is 14.3 Å². The molecule has 7 heteroatoms. The minimum absolute atomic E-state index is 0.161. The van der Waals surface area contributed by atoms with E-state index < -0.39 is 12.0 Å². The summed E-state index contributed by atoms with van der Waals surface area (Å²) in [5.74, 6) is -0.647. The van der Waals surface area contributed by atoms with Gasteiger partial charge >= 0.3 is 5.97 Å². The first-order valence-electron chi connectivity index (χ1n) is 10.0. The molecule has 1 aliphatic heterocycles. The number of carbonyl (C=O) groups excluding carboxylic acids is 3. The number of piperazine rings is 1. The van der Waals surface area contributed by atoms with Gasteiger partial charge in [-0.1, -0.05) is 38.3 Å². The van der Waals surface area contributed by atoms with E-state index in [1.54, 1.807) is 25.1 Å². The SMILES string of the molecule is CCCCCCOc1ccccc1C(=O)N1CCNC(=O)C1CC(=O)OCC. The van der Waals surface area contributed by atoms with Crippen LogP contribution in [0.5, 0.6) is 5.75 Å². The summed E-state index contributed by atoms with van der Waals surface area (Å²) in [5, 5.41) is 2.71. The zero-order valence-electron chi connectivity index (χ0n) is 16.7. The lowest BCUT2D eigenvalue weighted by atomic mass is 10.1. The van der Waals surface area contributed by atoms with E-state index in [1.807, 2.05) is 6.07 Å². The highest BCUT2D eigenvalue weighted by Crippen LogP contribution is 2.23. The normalized spacial score (nSPS) is 16.4. The molecule has 1 N–H and O–H groups in total. The van der Waals surface area contributed by atoms with E-state index >= 15 is 0 Å². The second-order valence-electron chi connectivity index (χ2n) is 6.72. The van der Waals surface area contributed by atoms with E-state index in [9.17, 15) is 14.4 Å². The zero-order valence-corrected chi connectivity index (χ0v) is 16.7. The molecule has 28 heavy (non-hydrogen) atoms. The molecule has 2 rings (SSSR count). The van der Waals surface area contributed by atoms with Gasteiger partial charge in [-0.3, -0.25) is 14.4 Å². The molecule has 1 unspecified atom stereocenters. The number of nitrogens with zero attached hydrogens (tertiary/aromatic N) is 1. The van der Waals surface area contributed by atoms with Gasteiger partial charge in [0.1, 0.15) is 11.8 Å². The Hall–Kier alpha value is -2.57. The van der Waals surface area contributed by atoms with Crippen LogP contribution in [0.25, 0.3) is 0 Å². The first-order valence-corrected chi connectivity index (χ1v) is 10.0. The molecule has 0 aliphatic carbocycles. The van der Waals surface area contributed by atoms with Gasteiger partial charge in [-0.25, -0.2) is 0 Å². The zero-order chi connectivity index (χ0) is 20.4. The summed E-state index contributed by atoms with van der Waals surface area (Å²) in [4.78, 5) is 38.8. The highest BCUT2D eigenvalue weighted by atomic mass is 16.5. The summed E-state index contributed by atoms with van der Waals surface area (Å²) in [6.45, 7) is 5.31. The summed E-state index contributed by atoms with van der Waals surface area (Å²) in [7, 11) is 0. The molecule has 154 valence electrons. The largest absolute Gasteiger partial charge is 0.493 e. The maximum atomic E-state index is 13.2. The Morgan fingerprint density at radius 3 is 2.71 bits per heavy atom. The van der Waals surface area contributed by atoms with Crippen LogP contribution < -0.4 is 10.1 Å². The lowest BCUT2D eigenvalue weighted by Gasteiger charge is -2.34. The number of hydrogen-bond donors (Lipinski definition) is 1. The predicted octanol–water partition coefficient (Wildman–Crippen LogP) is 2.54. The van der Waals surface area contributed by atoms with Crippen molar-refractivity contribution in [3.63, 3.8) is 0 Å². The van der Waals surface area contributed by atoms with Gasteiger partial charge in [-0.05, 0) is 25.5 Å². The average molecular weight is 390 g/mol. The highest BCUT2D eigenvalue weighted by molar-refractivity contribution is 6.01. The summed E-state index contributed by atoms with van der Waals surface area (Å²) < 4.78 is 10.8. The summed E-state index contributed by atoms with van der Waals surface area (Å²) >= 11 is 0. The molecule has 0 spiro atoms. The first kappa shape index (κ1) is 21.7. The molecule has 0 radical (unpaired) electrons. The molecule has 0 saturated carbocycles. The monoisotopic (exact) mass is 390 g/mol. The van der Waals surface area contributed by atoms with Gasteiger partial charge in [0.25, 0.3) is 5.91 Å². The summed E-state index contributed by atoms with van der Waals surface area (Å²) in [6, 6.07) is 6.16. The number of nitrogens with one attached hydrogen (secondary N) is 1. The van der Waals surface area contributed by atoms with Crippen molar-refractivity contribution in [3.8, 4) is 5.75 Å². The van der Waals surface area contributed by atoms with E-state index in [4.69, 9.17) is 9.47 Å². The fourth-order valence-electron chi connectivity index (χ4n) is 3.17. The maximum absolute atomic E-state index is 13.2. The quantitative estimate of drug-likeness (QED) is 0.490. The Balaban J connectivity index is 2.11. The van der Waals surface area contributed by atoms with Gasteiger partial charge < -0.3 is 19.7 Å². The van der Waals surface area contributed by atoms with Gasteiger partial charge in [0, 0.05) is 13.1 Å². The number of benzene rings is 1. The first-order chi connectivity index (χ1) is 13.6.